The standard InChI is InChI=1S/C23H18ClIN2O3/c1-28-22-11-17(13-27-30-15-19-5-3-2-4-18(19)12-26)10-21(25)23(22)29-14-16-6-8-20(24)9-7-16/h2-11,13H,14-15H2,1H3/b27-13+. The molecule has 3 aromatic rings. The Morgan fingerprint density at radius 3 is 2.60 bits per heavy atom. The third-order valence-electron chi connectivity index (χ3n) is 4.18. The van der Waals surface area contributed by atoms with Crippen LogP contribution in [0.2, 0.25) is 5.02 Å². The summed E-state index contributed by atoms with van der Waals surface area (Å²) < 4.78 is 12.3. The molecule has 0 spiro atoms. The minimum Gasteiger partial charge on any atom is -0.493 e. The Bertz CT molecular complexity index is 1080. The zero-order valence-electron chi connectivity index (χ0n) is 16.1. The molecule has 0 aromatic heterocycles. The van der Waals surface area contributed by atoms with Crippen molar-refractivity contribution in [2.45, 2.75) is 13.2 Å². The van der Waals surface area contributed by atoms with E-state index >= 15 is 0 Å². The van der Waals surface area contributed by atoms with Crippen LogP contribution in [0.1, 0.15) is 22.3 Å². The van der Waals surface area contributed by atoms with Gasteiger partial charge < -0.3 is 14.3 Å². The largest absolute Gasteiger partial charge is 0.493 e. The van der Waals surface area contributed by atoms with Gasteiger partial charge in [0.2, 0.25) is 0 Å². The van der Waals surface area contributed by atoms with Crippen molar-refractivity contribution in [3.8, 4) is 17.6 Å². The lowest BCUT2D eigenvalue weighted by Gasteiger charge is -2.13. The average molecular weight is 533 g/mol. The van der Waals surface area contributed by atoms with Crippen molar-refractivity contribution >= 4 is 40.4 Å². The molecule has 7 heteroatoms. The summed E-state index contributed by atoms with van der Waals surface area (Å²) >= 11 is 8.12. The number of ether oxygens (including phenoxy) is 2. The van der Waals surface area contributed by atoms with E-state index in [-0.39, 0.29) is 6.61 Å². The Hall–Kier alpha value is -2.76. The van der Waals surface area contributed by atoms with E-state index in [0.717, 1.165) is 20.3 Å². The van der Waals surface area contributed by atoms with E-state index < -0.39 is 0 Å². The third-order valence-corrected chi connectivity index (χ3v) is 5.24. The molecule has 0 aliphatic heterocycles. The summed E-state index contributed by atoms with van der Waals surface area (Å²) in [4.78, 5) is 5.36. The number of nitriles is 1. The molecule has 0 heterocycles. The maximum atomic E-state index is 9.12. The highest BCUT2D eigenvalue weighted by Crippen LogP contribution is 2.34. The molecule has 0 saturated carbocycles. The molecular formula is C23H18ClIN2O3. The summed E-state index contributed by atoms with van der Waals surface area (Å²) in [5.41, 5.74) is 3.18. The third kappa shape index (κ3) is 5.88. The maximum Gasteiger partial charge on any atom is 0.174 e. The second kappa shape index (κ2) is 10.9. The first-order valence-electron chi connectivity index (χ1n) is 8.99. The number of halogens is 2. The van der Waals surface area contributed by atoms with Crippen LogP contribution in [-0.2, 0) is 18.1 Å². The first-order valence-corrected chi connectivity index (χ1v) is 10.4. The zero-order valence-corrected chi connectivity index (χ0v) is 19.1. The van der Waals surface area contributed by atoms with Crippen LogP contribution in [0, 0.1) is 14.9 Å². The molecule has 0 atom stereocenters. The Kier molecular flexibility index (Phi) is 7.94. The first-order chi connectivity index (χ1) is 14.6. The van der Waals surface area contributed by atoms with Gasteiger partial charge in [-0.3, -0.25) is 0 Å². The highest BCUT2D eigenvalue weighted by Gasteiger charge is 2.11. The second-order valence-electron chi connectivity index (χ2n) is 6.23. The highest BCUT2D eigenvalue weighted by atomic mass is 127. The van der Waals surface area contributed by atoms with Crippen LogP contribution < -0.4 is 9.47 Å². The molecule has 0 aliphatic rings. The van der Waals surface area contributed by atoms with Crippen LogP contribution in [0.25, 0.3) is 0 Å². The molecule has 152 valence electrons. The minimum atomic E-state index is 0.219. The quantitative estimate of drug-likeness (QED) is 0.204. The highest BCUT2D eigenvalue weighted by molar-refractivity contribution is 14.1. The van der Waals surface area contributed by atoms with Gasteiger partial charge in [-0.15, -0.1) is 0 Å². The number of nitrogens with zero attached hydrogens (tertiary/aromatic N) is 2. The second-order valence-corrected chi connectivity index (χ2v) is 7.82. The van der Waals surface area contributed by atoms with E-state index in [4.69, 9.17) is 31.2 Å². The molecule has 3 rings (SSSR count). The Morgan fingerprint density at radius 1 is 1.10 bits per heavy atom. The van der Waals surface area contributed by atoms with Gasteiger partial charge in [0.25, 0.3) is 0 Å². The van der Waals surface area contributed by atoms with Gasteiger partial charge >= 0.3 is 0 Å². The molecule has 3 aromatic carbocycles. The van der Waals surface area contributed by atoms with Crippen molar-refractivity contribution in [3.05, 3.63) is 91.5 Å². The summed E-state index contributed by atoms with van der Waals surface area (Å²) in [7, 11) is 1.59. The van der Waals surface area contributed by atoms with Gasteiger partial charge in [0, 0.05) is 16.1 Å². The predicted molar refractivity (Wildman–Crippen MR) is 125 cm³/mol. The molecule has 5 nitrogen and oxygen atoms in total. The van der Waals surface area contributed by atoms with Gasteiger partial charge in [-0.25, -0.2) is 0 Å². The Morgan fingerprint density at radius 2 is 1.87 bits per heavy atom. The van der Waals surface area contributed by atoms with E-state index in [0.29, 0.717) is 28.7 Å². The Balaban J connectivity index is 1.66. The van der Waals surface area contributed by atoms with Gasteiger partial charge in [-0.1, -0.05) is 47.1 Å². The molecule has 0 amide bonds. The van der Waals surface area contributed by atoms with Gasteiger partial charge in [0.15, 0.2) is 11.5 Å². The van der Waals surface area contributed by atoms with Gasteiger partial charge in [0.1, 0.15) is 13.2 Å². The molecule has 0 unspecified atom stereocenters. The number of methoxy groups -OCH3 is 1. The lowest BCUT2D eigenvalue weighted by atomic mass is 10.1. The molecular weight excluding hydrogens is 515 g/mol. The monoisotopic (exact) mass is 532 g/mol. The van der Waals surface area contributed by atoms with E-state index in [2.05, 4.69) is 33.8 Å². The number of oxime groups is 1. The topological polar surface area (TPSA) is 63.8 Å². The Labute approximate surface area is 194 Å². The predicted octanol–water partition coefficient (Wildman–Crippen LogP) is 5.95. The summed E-state index contributed by atoms with van der Waals surface area (Å²) in [6.45, 7) is 0.620. The first kappa shape index (κ1) is 21.9. The van der Waals surface area contributed by atoms with E-state index in [1.54, 1.807) is 19.4 Å². The fraction of sp³-hybridized carbons (Fsp3) is 0.130. The van der Waals surface area contributed by atoms with Crippen molar-refractivity contribution in [1.29, 1.82) is 5.26 Å². The smallest absolute Gasteiger partial charge is 0.174 e. The molecule has 0 N–H and O–H groups in total. The fourth-order valence-corrected chi connectivity index (χ4v) is 3.56. The van der Waals surface area contributed by atoms with Crippen molar-refractivity contribution < 1.29 is 14.3 Å². The zero-order chi connectivity index (χ0) is 21.3. The number of rotatable bonds is 8. The average Bonchev–Trinajstić information content (AvgIpc) is 2.77. The number of benzene rings is 3. The normalized spacial score (nSPS) is 10.6. The van der Waals surface area contributed by atoms with E-state index in [1.807, 2.05) is 54.6 Å². The molecule has 0 aliphatic carbocycles. The van der Waals surface area contributed by atoms with Crippen molar-refractivity contribution in [2.75, 3.05) is 7.11 Å². The molecule has 0 fully saturated rings. The number of hydrogen-bond acceptors (Lipinski definition) is 5. The lowest BCUT2D eigenvalue weighted by Crippen LogP contribution is -2.01. The minimum absolute atomic E-state index is 0.219. The van der Waals surface area contributed by atoms with Crippen LogP contribution in [0.15, 0.2) is 65.8 Å². The van der Waals surface area contributed by atoms with E-state index in [1.165, 1.54) is 0 Å². The molecule has 0 radical (unpaired) electrons. The van der Waals surface area contributed by atoms with Gasteiger partial charge in [-0.2, -0.15) is 5.26 Å². The summed E-state index contributed by atoms with van der Waals surface area (Å²) in [6.07, 6.45) is 1.60. The summed E-state index contributed by atoms with van der Waals surface area (Å²) in [6, 6.07) is 20.7. The summed E-state index contributed by atoms with van der Waals surface area (Å²) in [5.74, 6) is 1.27. The van der Waals surface area contributed by atoms with Crippen molar-refractivity contribution in [1.82, 2.24) is 0 Å². The van der Waals surface area contributed by atoms with E-state index in [9.17, 15) is 0 Å². The molecule has 0 bridgehead atoms. The van der Waals surface area contributed by atoms with Crippen molar-refractivity contribution in [3.63, 3.8) is 0 Å². The fourth-order valence-electron chi connectivity index (χ4n) is 2.65. The van der Waals surface area contributed by atoms with Crippen LogP contribution in [0.3, 0.4) is 0 Å². The summed E-state index contributed by atoms with van der Waals surface area (Å²) in [5, 5.41) is 13.8. The van der Waals surface area contributed by atoms with Gasteiger partial charge in [-0.05, 0) is 58.5 Å². The molecule has 0 saturated heterocycles. The van der Waals surface area contributed by atoms with Crippen LogP contribution in [0.4, 0.5) is 0 Å². The van der Waals surface area contributed by atoms with Crippen LogP contribution >= 0.6 is 34.2 Å². The number of hydrogen-bond donors (Lipinski definition) is 0. The SMILES string of the molecule is COc1cc(/C=N/OCc2ccccc2C#N)cc(I)c1OCc1ccc(Cl)cc1. The van der Waals surface area contributed by atoms with Crippen LogP contribution in [-0.4, -0.2) is 13.3 Å². The van der Waals surface area contributed by atoms with Crippen LogP contribution in [0.5, 0.6) is 11.5 Å². The van der Waals surface area contributed by atoms with Gasteiger partial charge in [0.05, 0.1) is 28.5 Å². The van der Waals surface area contributed by atoms with Crippen molar-refractivity contribution in [2.24, 2.45) is 5.16 Å². The molecule has 30 heavy (non-hydrogen) atoms. The lowest BCUT2D eigenvalue weighted by molar-refractivity contribution is 0.132. The maximum absolute atomic E-state index is 9.12.